The molecule has 7 heteroatoms. The number of nitrogens with zero attached hydrogens (tertiary/aromatic N) is 2. The van der Waals surface area contributed by atoms with E-state index in [1.807, 2.05) is 25.1 Å². The number of anilines is 2. The van der Waals surface area contributed by atoms with Crippen molar-refractivity contribution in [2.45, 2.75) is 39.2 Å². The van der Waals surface area contributed by atoms with E-state index in [9.17, 15) is 13.2 Å². The van der Waals surface area contributed by atoms with Gasteiger partial charge >= 0.3 is 0 Å². The van der Waals surface area contributed by atoms with Crippen molar-refractivity contribution >= 4 is 27.3 Å². The molecule has 0 fully saturated rings. The highest BCUT2D eigenvalue weighted by Crippen LogP contribution is 2.40. The Morgan fingerprint density at radius 2 is 1.97 bits per heavy atom. The van der Waals surface area contributed by atoms with Gasteiger partial charge in [-0.3, -0.25) is 9.10 Å². The van der Waals surface area contributed by atoms with Gasteiger partial charge in [-0.25, -0.2) is 8.42 Å². The largest absolute Gasteiger partial charge is 0.495 e. The molecule has 0 N–H and O–H groups in total. The third-order valence-electron chi connectivity index (χ3n) is 5.86. The van der Waals surface area contributed by atoms with Crippen molar-refractivity contribution in [2.24, 2.45) is 0 Å². The average Bonchev–Trinajstić information content (AvgIpc) is 3.02. The van der Waals surface area contributed by atoms with Gasteiger partial charge in [0.1, 0.15) is 5.75 Å². The first-order valence-corrected chi connectivity index (χ1v) is 11.7. The van der Waals surface area contributed by atoms with Crippen molar-refractivity contribution in [2.75, 3.05) is 29.1 Å². The third-order valence-corrected chi connectivity index (χ3v) is 7.13. The summed E-state index contributed by atoms with van der Waals surface area (Å²) < 4.78 is 31.3. The normalized spacial score (nSPS) is 18.4. The predicted octanol–water partition coefficient (Wildman–Crippen LogP) is 3.31. The van der Waals surface area contributed by atoms with Crippen molar-refractivity contribution in [3.05, 3.63) is 52.6 Å². The van der Waals surface area contributed by atoms with E-state index in [1.54, 1.807) is 24.1 Å². The summed E-state index contributed by atoms with van der Waals surface area (Å²) in [5.41, 5.74) is 5.30. The number of ether oxygens (including phenoxy) is 1. The van der Waals surface area contributed by atoms with Gasteiger partial charge in [-0.15, -0.1) is 0 Å². The van der Waals surface area contributed by atoms with Gasteiger partial charge in [0.25, 0.3) is 5.91 Å². The number of sulfonamides is 1. The van der Waals surface area contributed by atoms with Crippen LogP contribution in [0.25, 0.3) is 0 Å². The van der Waals surface area contributed by atoms with E-state index in [1.165, 1.54) is 10.6 Å². The van der Waals surface area contributed by atoms with E-state index in [0.29, 0.717) is 30.0 Å². The smallest absolute Gasteiger partial charge is 0.258 e. The minimum Gasteiger partial charge on any atom is -0.495 e. The molecule has 6 nitrogen and oxygen atoms in total. The number of amides is 1. The second-order valence-electron chi connectivity index (χ2n) is 7.93. The lowest BCUT2D eigenvalue weighted by Gasteiger charge is -2.32. The average molecular weight is 415 g/mol. The Kier molecular flexibility index (Phi) is 4.81. The molecule has 0 spiro atoms. The van der Waals surface area contributed by atoms with Crippen LogP contribution in [0.2, 0.25) is 0 Å². The van der Waals surface area contributed by atoms with Crippen molar-refractivity contribution < 1.29 is 17.9 Å². The van der Waals surface area contributed by atoms with Gasteiger partial charge in [-0.2, -0.15) is 0 Å². The van der Waals surface area contributed by atoms with Gasteiger partial charge in [-0.1, -0.05) is 6.07 Å². The fourth-order valence-corrected chi connectivity index (χ4v) is 5.88. The number of rotatable bonds is 3. The summed E-state index contributed by atoms with van der Waals surface area (Å²) in [6.45, 7) is 4.58. The Labute approximate surface area is 172 Å². The summed E-state index contributed by atoms with van der Waals surface area (Å²) in [6, 6.07) is 9.12. The van der Waals surface area contributed by atoms with Gasteiger partial charge in [0, 0.05) is 18.2 Å². The molecular formula is C22H26N2O4S. The Bertz CT molecular complexity index is 1090. The summed E-state index contributed by atoms with van der Waals surface area (Å²) in [4.78, 5) is 15.2. The van der Waals surface area contributed by atoms with Gasteiger partial charge < -0.3 is 9.64 Å². The maximum absolute atomic E-state index is 13.4. The molecule has 2 aliphatic rings. The van der Waals surface area contributed by atoms with Gasteiger partial charge in [0.05, 0.1) is 24.7 Å². The molecule has 29 heavy (non-hydrogen) atoms. The number of methoxy groups -OCH3 is 1. The van der Waals surface area contributed by atoms with Gasteiger partial charge in [0.15, 0.2) is 0 Å². The summed E-state index contributed by atoms with van der Waals surface area (Å²) >= 11 is 0. The van der Waals surface area contributed by atoms with Crippen LogP contribution in [0.1, 0.15) is 40.4 Å². The van der Waals surface area contributed by atoms with Crippen LogP contribution in [-0.2, 0) is 22.9 Å². The second-order valence-corrected chi connectivity index (χ2v) is 9.79. The molecule has 2 heterocycles. The van der Waals surface area contributed by atoms with Crippen LogP contribution >= 0.6 is 0 Å². The van der Waals surface area contributed by atoms with Crippen LogP contribution in [0, 0.1) is 6.92 Å². The summed E-state index contributed by atoms with van der Waals surface area (Å²) in [6.07, 6.45) is 3.64. The number of aryl methyl sites for hydroxylation is 1. The predicted molar refractivity (Wildman–Crippen MR) is 115 cm³/mol. The van der Waals surface area contributed by atoms with Gasteiger partial charge in [-0.05, 0) is 74.1 Å². The number of carbonyl (C=O) groups excluding carboxylic acids is 1. The van der Waals surface area contributed by atoms with Crippen molar-refractivity contribution in [1.29, 1.82) is 0 Å². The molecule has 154 valence electrons. The van der Waals surface area contributed by atoms with Crippen molar-refractivity contribution in [3.63, 3.8) is 0 Å². The van der Waals surface area contributed by atoms with Crippen LogP contribution in [-0.4, -0.2) is 40.3 Å². The highest BCUT2D eigenvalue weighted by atomic mass is 32.2. The molecule has 0 aromatic heterocycles. The minimum absolute atomic E-state index is 0.0805. The molecule has 0 saturated carbocycles. The van der Waals surface area contributed by atoms with Crippen LogP contribution in [0.5, 0.6) is 5.75 Å². The lowest BCUT2D eigenvalue weighted by atomic mass is 9.95. The van der Waals surface area contributed by atoms with E-state index in [4.69, 9.17) is 4.74 Å². The fraction of sp³-hybridized carbons (Fsp3) is 0.409. The molecule has 0 aliphatic carbocycles. The number of carbonyl (C=O) groups is 1. The Morgan fingerprint density at radius 3 is 2.66 bits per heavy atom. The van der Waals surface area contributed by atoms with Crippen molar-refractivity contribution in [3.8, 4) is 5.75 Å². The summed E-state index contributed by atoms with van der Waals surface area (Å²) in [5.74, 6) is 0.625. The molecular weight excluding hydrogens is 388 g/mol. The molecule has 0 radical (unpaired) electrons. The highest BCUT2D eigenvalue weighted by Gasteiger charge is 2.34. The van der Waals surface area contributed by atoms with E-state index < -0.39 is 10.0 Å². The zero-order valence-electron chi connectivity index (χ0n) is 17.2. The highest BCUT2D eigenvalue weighted by molar-refractivity contribution is 7.92. The van der Waals surface area contributed by atoms with Gasteiger partial charge in [0.2, 0.25) is 10.0 Å². The molecule has 0 bridgehead atoms. The molecule has 2 aromatic carbocycles. The molecule has 0 saturated heterocycles. The fourth-order valence-electron chi connectivity index (χ4n) is 4.62. The standard InChI is InChI=1S/C22H26N2O4S/c1-14-7-10-20(28-3)21-18(14)6-5-11-23(21)22(25)16-8-9-19-17(13-16)12-15(2)24(19)29(4,26)27/h7-10,13,15H,5-6,11-12H2,1-4H3. The van der Waals surface area contributed by atoms with Crippen LogP contribution in [0.4, 0.5) is 11.4 Å². The zero-order valence-corrected chi connectivity index (χ0v) is 18.0. The molecule has 1 amide bonds. The van der Waals surface area contributed by atoms with E-state index >= 15 is 0 Å². The maximum atomic E-state index is 13.4. The summed E-state index contributed by atoms with van der Waals surface area (Å²) in [5, 5.41) is 0. The quantitative estimate of drug-likeness (QED) is 0.773. The van der Waals surface area contributed by atoms with E-state index in [-0.39, 0.29) is 11.9 Å². The van der Waals surface area contributed by atoms with Crippen LogP contribution in [0.15, 0.2) is 30.3 Å². The molecule has 1 unspecified atom stereocenters. The molecule has 2 aliphatic heterocycles. The summed E-state index contributed by atoms with van der Waals surface area (Å²) in [7, 11) is -1.73. The zero-order chi connectivity index (χ0) is 20.9. The lowest BCUT2D eigenvalue weighted by molar-refractivity contribution is 0.0984. The third kappa shape index (κ3) is 3.27. The van der Waals surface area contributed by atoms with E-state index in [0.717, 1.165) is 35.2 Å². The number of hydrogen-bond donors (Lipinski definition) is 0. The Morgan fingerprint density at radius 1 is 1.21 bits per heavy atom. The first-order valence-electron chi connectivity index (χ1n) is 9.83. The topological polar surface area (TPSA) is 66.9 Å². The maximum Gasteiger partial charge on any atom is 0.258 e. The number of benzene rings is 2. The van der Waals surface area contributed by atoms with Crippen LogP contribution < -0.4 is 13.9 Å². The Hall–Kier alpha value is -2.54. The first kappa shape index (κ1) is 19.8. The monoisotopic (exact) mass is 414 g/mol. The molecule has 2 aromatic rings. The minimum atomic E-state index is -3.35. The van der Waals surface area contributed by atoms with Crippen LogP contribution in [0.3, 0.4) is 0 Å². The molecule has 1 atom stereocenters. The number of fused-ring (bicyclic) bond motifs is 2. The van der Waals surface area contributed by atoms with E-state index in [2.05, 4.69) is 6.92 Å². The van der Waals surface area contributed by atoms with Crippen molar-refractivity contribution in [1.82, 2.24) is 0 Å². The molecule has 4 rings (SSSR count). The second kappa shape index (κ2) is 7.06. The SMILES string of the molecule is COc1ccc(C)c2c1N(C(=O)c1ccc3c(c1)CC(C)N3S(C)(=O)=O)CCC2. The Balaban J connectivity index is 1.74. The number of hydrogen-bond acceptors (Lipinski definition) is 4. The first-order chi connectivity index (χ1) is 13.7. The lowest BCUT2D eigenvalue weighted by Crippen LogP contribution is -2.36.